The van der Waals surface area contributed by atoms with E-state index < -0.39 is 11.6 Å². The number of halogens is 2. The predicted molar refractivity (Wildman–Crippen MR) is 122 cm³/mol. The van der Waals surface area contributed by atoms with Crippen LogP contribution in [-0.4, -0.2) is 0 Å². The minimum Gasteiger partial charge on any atom is -0.206 e. The molecule has 0 radical (unpaired) electrons. The normalized spacial score (nSPS) is 26.6. The van der Waals surface area contributed by atoms with E-state index in [0.29, 0.717) is 12.0 Å². The molecule has 2 fully saturated rings. The molecule has 30 heavy (non-hydrogen) atoms. The molecule has 0 aromatic heterocycles. The van der Waals surface area contributed by atoms with Crippen molar-refractivity contribution in [3.05, 3.63) is 47.5 Å². The third-order valence-electron chi connectivity index (χ3n) is 7.39. The van der Waals surface area contributed by atoms with E-state index in [2.05, 4.69) is 18.4 Å². The Morgan fingerprint density at radius 1 is 0.967 bits per heavy atom. The summed E-state index contributed by atoms with van der Waals surface area (Å²) in [5, 5.41) is 0. The molecule has 2 aliphatic rings. The van der Waals surface area contributed by atoms with Crippen LogP contribution >= 0.6 is 0 Å². The van der Waals surface area contributed by atoms with E-state index in [-0.39, 0.29) is 11.5 Å². The highest BCUT2D eigenvalue weighted by molar-refractivity contribution is 5.39. The lowest BCUT2D eigenvalue weighted by Crippen LogP contribution is -2.25. The minimum atomic E-state index is -0.510. The molecular formula is C28H38F2. The van der Waals surface area contributed by atoms with Crippen molar-refractivity contribution in [2.24, 2.45) is 23.7 Å². The van der Waals surface area contributed by atoms with Gasteiger partial charge in [0, 0.05) is 5.92 Å². The largest absolute Gasteiger partial charge is 0.206 e. The van der Waals surface area contributed by atoms with Crippen LogP contribution in [0.1, 0.15) is 95.1 Å². The van der Waals surface area contributed by atoms with Crippen molar-refractivity contribution < 1.29 is 8.78 Å². The van der Waals surface area contributed by atoms with E-state index in [1.54, 1.807) is 0 Å². The zero-order valence-electron chi connectivity index (χ0n) is 18.7. The number of aryl methyl sites for hydroxylation is 1. The van der Waals surface area contributed by atoms with Crippen LogP contribution in [0, 0.1) is 47.1 Å². The average molecular weight is 413 g/mol. The monoisotopic (exact) mass is 412 g/mol. The maximum atomic E-state index is 14.3. The first-order valence-corrected chi connectivity index (χ1v) is 12.2. The number of allylic oxidation sites excluding steroid dienone is 1. The molecule has 0 heterocycles. The topological polar surface area (TPSA) is 0 Å². The SMILES string of the molecule is C=CCCCC1CCC(C2CCC(C#Cc3c(F)cc(CCC)cc3F)CC2)CC1. The number of hydrogen-bond acceptors (Lipinski definition) is 0. The van der Waals surface area contributed by atoms with Gasteiger partial charge in [-0.1, -0.05) is 50.5 Å². The first-order chi connectivity index (χ1) is 14.6. The van der Waals surface area contributed by atoms with Crippen molar-refractivity contribution in [3.8, 4) is 11.8 Å². The Hall–Kier alpha value is -1.62. The zero-order valence-corrected chi connectivity index (χ0v) is 18.7. The molecule has 0 nitrogen and oxygen atoms in total. The standard InChI is InChI=1S/C28H38F2/c1-3-5-6-8-21-9-14-24(15-10-21)25-16-11-22(12-17-25)13-18-26-27(29)19-23(7-4-2)20-28(26)30/h3,19-22,24-25H,1,4-12,14-17H2,2H3. The van der Waals surface area contributed by atoms with E-state index in [0.717, 1.165) is 43.4 Å². The Morgan fingerprint density at radius 3 is 2.13 bits per heavy atom. The van der Waals surface area contributed by atoms with Crippen molar-refractivity contribution in [1.29, 1.82) is 0 Å². The van der Waals surface area contributed by atoms with Crippen LogP contribution in [0.15, 0.2) is 24.8 Å². The number of unbranched alkanes of at least 4 members (excludes halogenated alkanes) is 1. The lowest BCUT2D eigenvalue weighted by Gasteiger charge is -2.37. The van der Waals surface area contributed by atoms with Crippen LogP contribution in [0.4, 0.5) is 8.78 Å². The molecule has 0 saturated heterocycles. The zero-order chi connectivity index (χ0) is 21.3. The molecule has 0 atom stereocenters. The summed E-state index contributed by atoms with van der Waals surface area (Å²) in [6, 6.07) is 2.89. The minimum absolute atomic E-state index is 0.0493. The Bertz CT molecular complexity index is 715. The number of hydrogen-bond donors (Lipinski definition) is 0. The van der Waals surface area contributed by atoms with Gasteiger partial charge in [0.2, 0.25) is 0 Å². The molecule has 0 bridgehead atoms. The van der Waals surface area contributed by atoms with Gasteiger partial charge >= 0.3 is 0 Å². The predicted octanol–water partition coefficient (Wildman–Crippen LogP) is 8.24. The fraction of sp³-hybridized carbons (Fsp3) is 0.643. The molecular weight excluding hydrogens is 374 g/mol. The summed E-state index contributed by atoms with van der Waals surface area (Å²) < 4.78 is 28.6. The van der Waals surface area contributed by atoms with Crippen LogP contribution in [0.5, 0.6) is 0 Å². The van der Waals surface area contributed by atoms with Crippen LogP contribution in [0.25, 0.3) is 0 Å². The molecule has 1 aromatic carbocycles. The van der Waals surface area contributed by atoms with Gasteiger partial charge in [-0.25, -0.2) is 8.78 Å². The molecule has 0 unspecified atom stereocenters. The maximum absolute atomic E-state index is 14.3. The van der Waals surface area contributed by atoms with Crippen molar-refractivity contribution in [2.75, 3.05) is 0 Å². The molecule has 0 spiro atoms. The van der Waals surface area contributed by atoms with Crippen molar-refractivity contribution >= 4 is 0 Å². The molecule has 2 aliphatic carbocycles. The second-order valence-corrected chi connectivity index (χ2v) is 9.57. The van der Waals surface area contributed by atoms with Gasteiger partial charge in [-0.15, -0.1) is 6.58 Å². The fourth-order valence-electron chi connectivity index (χ4n) is 5.59. The summed E-state index contributed by atoms with van der Waals surface area (Å²) in [6.07, 6.45) is 17.6. The van der Waals surface area contributed by atoms with Crippen LogP contribution in [0.2, 0.25) is 0 Å². The highest BCUT2D eigenvalue weighted by Gasteiger charge is 2.30. The summed E-state index contributed by atoms with van der Waals surface area (Å²) in [6.45, 7) is 5.83. The summed E-state index contributed by atoms with van der Waals surface area (Å²) in [4.78, 5) is 0. The smallest absolute Gasteiger partial charge is 0.142 e. The first kappa shape index (κ1) is 23.1. The first-order valence-electron chi connectivity index (χ1n) is 12.2. The second-order valence-electron chi connectivity index (χ2n) is 9.57. The van der Waals surface area contributed by atoms with E-state index >= 15 is 0 Å². The van der Waals surface area contributed by atoms with Gasteiger partial charge in [-0.05, 0) is 93.2 Å². The Kier molecular flexibility index (Phi) is 8.98. The third-order valence-corrected chi connectivity index (χ3v) is 7.39. The molecule has 1 aromatic rings. The van der Waals surface area contributed by atoms with Gasteiger partial charge < -0.3 is 0 Å². The summed E-state index contributed by atoms with van der Waals surface area (Å²) in [5.41, 5.74) is 0.667. The molecule has 164 valence electrons. The maximum Gasteiger partial charge on any atom is 0.142 e. The van der Waals surface area contributed by atoms with E-state index in [4.69, 9.17) is 0 Å². The van der Waals surface area contributed by atoms with Crippen LogP contribution in [0.3, 0.4) is 0 Å². The molecule has 0 aliphatic heterocycles. The Labute approximate surface area is 182 Å². The van der Waals surface area contributed by atoms with Gasteiger partial charge in [0.25, 0.3) is 0 Å². The van der Waals surface area contributed by atoms with Crippen LogP contribution < -0.4 is 0 Å². The summed E-state index contributed by atoms with van der Waals surface area (Å²) in [5.74, 6) is 7.94. The van der Waals surface area contributed by atoms with Crippen molar-refractivity contribution in [2.45, 2.75) is 90.4 Å². The number of rotatable bonds is 7. The summed E-state index contributed by atoms with van der Waals surface area (Å²) >= 11 is 0. The highest BCUT2D eigenvalue weighted by atomic mass is 19.1. The van der Waals surface area contributed by atoms with Gasteiger partial charge in [0.1, 0.15) is 11.6 Å². The lowest BCUT2D eigenvalue weighted by atomic mass is 9.69. The van der Waals surface area contributed by atoms with Crippen molar-refractivity contribution in [3.63, 3.8) is 0 Å². The Balaban J connectivity index is 1.46. The molecule has 0 N–H and O–H groups in total. The summed E-state index contributed by atoms with van der Waals surface area (Å²) in [7, 11) is 0. The fourth-order valence-corrected chi connectivity index (χ4v) is 5.59. The average Bonchev–Trinajstić information content (AvgIpc) is 2.75. The Morgan fingerprint density at radius 2 is 1.57 bits per heavy atom. The van der Waals surface area contributed by atoms with Crippen molar-refractivity contribution in [1.82, 2.24) is 0 Å². The molecule has 3 rings (SSSR count). The number of benzene rings is 1. The highest BCUT2D eigenvalue weighted by Crippen LogP contribution is 2.42. The quantitative estimate of drug-likeness (QED) is 0.240. The second kappa shape index (κ2) is 11.7. The van der Waals surface area contributed by atoms with E-state index in [1.165, 1.54) is 63.5 Å². The van der Waals surface area contributed by atoms with Crippen LogP contribution in [-0.2, 0) is 6.42 Å². The van der Waals surface area contributed by atoms with Gasteiger partial charge in [-0.3, -0.25) is 0 Å². The lowest BCUT2D eigenvalue weighted by molar-refractivity contribution is 0.153. The van der Waals surface area contributed by atoms with E-state index in [1.807, 2.05) is 13.0 Å². The van der Waals surface area contributed by atoms with Gasteiger partial charge in [-0.2, -0.15) is 0 Å². The van der Waals surface area contributed by atoms with Gasteiger partial charge in [0.05, 0.1) is 5.56 Å². The third kappa shape index (κ3) is 6.44. The molecule has 2 heteroatoms. The molecule has 2 saturated carbocycles. The van der Waals surface area contributed by atoms with Gasteiger partial charge in [0.15, 0.2) is 0 Å². The molecule has 0 amide bonds. The van der Waals surface area contributed by atoms with E-state index in [9.17, 15) is 8.78 Å².